The highest BCUT2D eigenvalue weighted by Gasteiger charge is 2.42. The Labute approximate surface area is 158 Å². The SMILES string of the molecule is O=C(c1ccc(NS(=O)(=O)c2cccs2)cc1)N1CCC[C@H](C(F)(F)F)C1. The largest absolute Gasteiger partial charge is 0.393 e. The standard InChI is InChI=1S/C17H17F3N2O3S2/c18-17(19,20)13-3-1-9-22(11-13)16(23)12-5-7-14(8-6-12)21-27(24,25)15-4-2-10-26-15/h2,4-8,10,13,21H,1,3,9,11H2/t13-/m0/s1. The van der Waals surface area contributed by atoms with Crippen molar-refractivity contribution < 1.29 is 26.4 Å². The third kappa shape index (κ3) is 4.62. The lowest BCUT2D eigenvalue weighted by Gasteiger charge is -2.33. The molecule has 10 heteroatoms. The maximum atomic E-state index is 12.9. The Morgan fingerprint density at radius 1 is 1.19 bits per heavy atom. The zero-order valence-electron chi connectivity index (χ0n) is 14.1. The summed E-state index contributed by atoms with van der Waals surface area (Å²) in [6.07, 6.45) is -3.99. The molecule has 1 saturated heterocycles. The molecule has 2 heterocycles. The molecule has 3 rings (SSSR count). The van der Waals surface area contributed by atoms with Gasteiger partial charge in [0, 0.05) is 24.3 Å². The first-order chi connectivity index (χ1) is 12.7. The Morgan fingerprint density at radius 3 is 2.48 bits per heavy atom. The van der Waals surface area contributed by atoms with Gasteiger partial charge in [-0.3, -0.25) is 9.52 Å². The van der Waals surface area contributed by atoms with Crippen LogP contribution in [-0.4, -0.2) is 38.5 Å². The van der Waals surface area contributed by atoms with Crippen molar-refractivity contribution in [3.8, 4) is 0 Å². The number of rotatable bonds is 4. The molecule has 0 saturated carbocycles. The smallest absolute Gasteiger partial charge is 0.338 e. The predicted molar refractivity (Wildman–Crippen MR) is 96.3 cm³/mol. The van der Waals surface area contributed by atoms with Gasteiger partial charge in [0.1, 0.15) is 4.21 Å². The van der Waals surface area contributed by atoms with Gasteiger partial charge in [0.15, 0.2) is 0 Å². The number of carbonyl (C=O) groups is 1. The van der Waals surface area contributed by atoms with Gasteiger partial charge in [-0.05, 0) is 48.6 Å². The molecule has 2 aromatic rings. The number of anilines is 1. The second-order valence-electron chi connectivity index (χ2n) is 6.25. The number of nitrogens with one attached hydrogen (secondary N) is 1. The van der Waals surface area contributed by atoms with Gasteiger partial charge < -0.3 is 4.90 Å². The van der Waals surface area contributed by atoms with E-state index in [9.17, 15) is 26.4 Å². The summed E-state index contributed by atoms with van der Waals surface area (Å²) < 4.78 is 65.6. The van der Waals surface area contributed by atoms with Crippen LogP contribution in [0.1, 0.15) is 23.2 Å². The number of amides is 1. The summed E-state index contributed by atoms with van der Waals surface area (Å²) in [6, 6.07) is 8.75. The maximum Gasteiger partial charge on any atom is 0.393 e. The number of hydrogen-bond acceptors (Lipinski definition) is 4. The molecule has 0 aliphatic carbocycles. The summed E-state index contributed by atoms with van der Waals surface area (Å²) in [6.45, 7) is -0.0761. The first-order valence-corrected chi connectivity index (χ1v) is 10.6. The molecule has 1 aromatic carbocycles. The van der Waals surface area contributed by atoms with Crippen molar-refractivity contribution in [3.63, 3.8) is 0 Å². The fourth-order valence-electron chi connectivity index (χ4n) is 2.91. The van der Waals surface area contributed by atoms with Gasteiger partial charge in [0.2, 0.25) is 0 Å². The molecule has 5 nitrogen and oxygen atoms in total. The van der Waals surface area contributed by atoms with Crippen LogP contribution >= 0.6 is 11.3 Å². The van der Waals surface area contributed by atoms with Crippen molar-refractivity contribution >= 4 is 33.0 Å². The van der Waals surface area contributed by atoms with E-state index in [1.165, 1.54) is 35.2 Å². The molecule has 0 bridgehead atoms. The van der Waals surface area contributed by atoms with E-state index in [-0.39, 0.29) is 35.0 Å². The third-order valence-corrected chi connectivity index (χ3v) is 7.09. The highest BCUT2D eigenvalue weighted by atomic mass is 32.2. The molecule has 0 radical (unpaired) electrons. The number of carbonyl (C=O) groups excluding carboxylic acids is 1. The van der Waals surface area contributed by atoms with Crippen LogP contribution in [0.5, 0.6) is 0 Å². The summed E-state index contributed by atoms with van der Waals surface area (Å²) >= 11 is 1.07. The summed E-state index contributed by atoms with van der Waals surface area (Å²) in [4.78, 5) is 13.7. The molecule has 1 N–H and O–H groups in total. The predicted octanol–water partition coefficient (Wildman–Crippen LogP) is 3.96. The molecule has 146 valence electrons. The fourth-order valence-corrected chi connectivity index (χ4v) is 4.97. The lowest BCUT2D eigenvalue weighted by atomic mass is 9.97. The van der Waals surface area contributed by atoms with Crippen LogP contribution in [0.15, 0.2) is 46.0 Å². The van der Waals surface area contributed by atoms with Gasteiger partial charge in [-0.1, -0.05) is 6.07 Å². The zero-order chi connectivity index (χ0) is 19.7. The van der Waals surface area contributed by atoms with E-state index in [2.05, 4.69) is 4.72 Å². The van der Waals surface area contributed by atoms with E-state index in [1.807, 2.05) is 0 Å². The molecule has 0 spiro atoms. The summed E-state index contributed by atoms with van der Waals surface area (Å²) in [7, 11) is -3.70. The van der Waals surface area contributed by atoms with Crippen molar-refractivity contribution in [2.24, 2.45) is 5.92 Å². The van der Waals surface area contributed by atoms with Crippen LogP contribution in [-0.2, 0) is 10.0 Å². The minimum absolute atomic E-state index is 0.0245. The topological polar surface area (TPSA) is 66.5 Å². The van der Waals surface area contributed by atoms with Crippen LogP contribution in [0.3, 0.4) is 0 Å². The lowest BCUT2D eigenvalue weighted by Crippen LogP contribution is -2.44. The summed E-state index contributed by atoms with van der Waals surface area (Å²) in [5.74, 6) is -2.00. The Kier molecular flexibility index (Phi) is 5.48. The van der Waals surface area contributed by atoms with Gasteiger partial charge in [0.05, 0.1) is 5.92 Å². The van der Waals surface area contributed by atoms with Crippen molar-refractivity contribution in [3.05, 3.63) is 47.3 Å². The molecular weight excluding hydrogens is 401 g/mol. The number of alkyl halides is 3. The van der Waals surface area contributed by atoms with E-state index in [1.54, 1.807) is 11.4 Å². The fraction of sp³-hybridized carbons (Fsp3) is 0.353. The minimum Gasteiger partial charge on any atom is -0.338 e. The van der Waals surface area contributed by atoms with E-state index in [0.717, 1.165) is 11.3 Å². The number of benzene rings is 1. The summed E-state index contributed by atoms with van der Waals surface area (Å²) in [5, 5.41) is 1.64. The second-order valence-corrected chi connectivity index (χ2v) is 9.10. The number of halogens is 3. The first kappa shape index (κ1) is 19.7. The van der Waals surface area contributed by atoms with Crippen molar-refractivity contribution in [2.75, 3.05) is 17.8 Å². The van der Waals surface area contributed by atoms with E-state index >= 15 is 0 Å². The van der Waals surface area contributed by atoms with Crippen molar-refractivity contribution in [1.29, 1.82) is 0 Å². The second kappa shape index (κ2) is 7.51. The molecule has 27 heavy (non-hydrogen) atoms. The first-order valence-electron chi connectivity index (χ1n) is 8.19. The molecular formula is C17H17F3N2O3S2. The molecule has 1 aliphatic rings. The number of sulfonamides is 1. The van der Waals surface area contributed by atoms with E-state index < -0.39 is 28.0 Å². The Balaban J connectivity index is 1.69. The van der Waals surface area contributed by atoms with Gasteiger partial charge in [-0.2, -0.15) is 13.2 Å². The Morgan fingerprint density at radius 2 is 1.89 bits per heavy atom. The monoisotopic (exact) mass is 418 g/mol. The number of thiophene rings is 1. The highest BCUT2D eigenvalue weighted by Crippen LogP contribution is 2.33. The molecule has 0 unspecified atom stereocenters. The van der Waals surface area contributed by atoms with Gasteiger partial charge in [0.25, 0.3) is 15.9 Å². The van der Waals surface area contributed by atoms with Gasteiger partial charge in [-0.15, -0.1) is 11.3 Å². The van der Waals surface area contributed by atoms with Crippen LogP contribution in [0.25, 0.3) is 0 Å². The number of hydrogen-bond donors (Lipinski definition) is 1. The third-order valence-electron chi connectivity index (χ3n) is 4.32. The molecule has 1 fully saturated rings. The van der Waals surface area contributed by atoms with Crippen LogP contribution in [0.2, 0.25) is 0 Å². The average Bonchev–Trinajstić information content (AvgIpc) is 3.17. The minimum atomic E-state index is -4.32. The quantitative estimate of drug-likeness (QED) is 0.817. The zero-order valence-corrected chi connectivity index (χ0v) is 15.7. The van der Waals surface area contributed by atoms with Gasteiger partial charge >= 0.3 is 6.18 Å². The van der Waals surface area contributed by atoms with Crippen LogP contribution in [0, 0.1) is 5.92 Å². The van der Waals surface area contributed by atoms with E-state index in [0.29, 0.717) is 6.42 Å². The lowest BCUT2D eigenvalue weighted by molar-refractivity contribution is -0.184. The van der Waals surface area contributed by atoms with Crippen molar-refractivity contribution in [1.82, 2.24) is 4.90 Å². The Bertz CT molecular complexity index is 895. The van der Waals surface area contributed by atoms with Gasteiger partial charge in [-0.25, -0.2) is 8.42 Å². The Hall–Kier alpha value is -2.07. The number of nitrogens with zero attached hydrogens (tertiary/aromatic N) is 1. The highest BCUT2D eigenvalue weighted by molar-refractivity contribution is 7.94. The van der Waals surface area contributed by atoms with E-state index in [4.69, 9.17) is 0 Å². The molecule has 1 aliphatic heterocycles. The average molecular weight is 418 g/mol. The normalized spacial score (nSPS) is 18.3. The number of likely N-dealkylation sites (tertiary alicyclic amines) is 1. The molecule has 1 atom stereocenters. The summed E-state index contributed by atoms with van der Waals surface area (Å²) in [5.41, 5.74) is 0.489. The van der Waals surface area contributed by atoms with Crippen LogP contribution < -0.4 is 4.72 Å². The molecule has 1 aromatic heterocycles. The van der Waals surface area contributed by atoms with Crippen molar-refractivity contribution in [2.45, 2.75) is 23.2 Å². The molecule has 1 amide bonds. The van der Waals surface area contributed by atoms with Crippen LogP contribution in [0.4, 0.5) is 18.9 Å². The maximum absolute atomic E-state index is 12.9. The number of piperidine rings is 1.